The Kier molecular flexibility index (Phi) is 2.97. The zero-order valence-electron chi connectivity index (χ0n) is 7.81. The highest BCUT2D eigenvalue weighted by Crippen LogP contribution is 2.15. The van der Waals surface area contributed by atoms with Crippen molar-refractivity contribution < 1.29 is 9.32 Å². The van der Waals surface area contributed by atoms with Gasteiger partial charge in [0.2, 0.25) is 0 Å². The van der Waals surface area contributed by atoms with E-state index in [1.54, 1.807) is 6.07 Å². The average molecular weight is 266 g/mol. The Balaban J connectivity index is 2.18. The molecule has 1 aromatic heterocycles. The summed E-state index contributed by atoms with van der Waals surface area (Å²) in [6, 6.07) is 9.56. The van der Waals surface area contributed by atoms with Crippen molar-refractivity contribution in [3.8, 4) is 0 Å². The lowest BCUT2D eigenvalue weighted by molar-refractivity contribution is 0.111. The summed E-state index contributed by atoms with van der Waals surface area (Å²) in [5.74, 6) is 0.690. The fourth-order valence-electron chi connectivity index (χ4n) is 1.32. The first-order chi connectivity index (χ1) is 7.28. The number of carbonyl (C=O) groups is 1. The molecule has 4 heteroatoms. The minimum Gasteiger partial charge on any atom is -0.360 e. The summed E-state index contributed by atoms with van der Waals surface area (Å²) in [4.78, 5) is 10.4. The van der Waals surface area contributed by atoms with Crippen LogP contribution in [0.25, 0.3) is 0 Å². The van der Waals surface area contributed by atoms with Crippen LogP contribution in [-0.2, 0) is 6.42 Å². The van der Waals surface area contributed by atoms with Crippen molar-refractivity contribution in [3.05, 3.63) is 51.8 Å². The third-order valence-corrected chi connectivity index (χ3v) is 2.46. The number of hydrogen-bond donors (Lipinski definition) is 0. The molecule has 0 aliphatic heterocycles. The SMILES string of the molecule is O=Cc1cc(Cc2cccc(Br)c2)on1. The third kappa shape index (κ3) is 2.53. The molecule has 0 amide bonds. The number of aromatic nitrogens is 1. The van der Waals surface area contributed by atoms with Gasteiger partial charge in [-0.15, -0.1) is 0 Å². The van der Waals surface area contributed by atoms with Crippen molar-refractivity contribution in [2.75, 3.05) is 0 Å². The van der Waals surface area contributed by atoms with Crippen molar-refractivity contribution in [1.82, 2.24) is 5.16 Å². The number of benzene rings is 1. The second kappa shape index (κ2) is 4.40. The number of nitrogens with zero attached hydrogens (tertiary/aromatic N) is 1. The van der Waals surface area contributed by atoms with Gasteiger partial charge >= 0.3 is 0 Å². The van der Waals surface area contributed by atoms with Crippen LogP contribution in [0.1, 0.15) is 21.8 Å². The van der Waals surface area contributed by atoms with Gasteiger partial charge in [0.1, 0.15) is 11.5 Å². The van der Waals surface area contributed by atoms with Gasteiger partial charge in [0.15, 0.2) is 6.29 Å². The van der Waals surface area contributed by atoms with Gasteiger partial charge in [-0.3, -0.25) is 4.79 Å². The van der Waals surface area contributed by atoms with E-state index in [0.29, 0.717) is 24.2 Å². The maximum absolute atomic E-state index is 10.4. The molecule has 1 aromatic carbocycles. The topological polar surface area (TPSA) is 43.1 Å². The molecule has 0 saturated heterocycles. The standard InChI is InChI=1S/C11H8BrNO2/c12-9-3-1-2-8(4-9)5-11-6-10(7-14)13-15-11/h1-4,6-7H,5H2. The highest BCUT2D eigenvalue weighted by atomic mass is 79.9. The minimum absolute atomic E-state index is 0.333. The van der Waals surface area contributed by atoms with Crippen LogP contribution in [0.15, 0.2) is 39.3 Å². The lowest BCUT2D eigenvalue weighted by atomic mass is 10.1. The van der Waals surface area contributed by atoms with Crippen LogP contribution in [0, 0.1) is 0 Å². The Morgan fingerprint density at radius 2 is 2.27 bits per heavy atom. The second-order valence-electron chi connectivity index (χ2n) is 3.14. The second-order valence-corrected chi connectivity index (χ2v) is 4.06. The van der Waals surface area contributed by atoms with Crippen LogP contribution in [0.3, 0.4) is 0 Å². The van der Waals surface area contributed by atoms with Crippen molar-refractivity contribution in [1.29, 1.82) is 0 Å². The summed E-state index contributed by atoms with van der Waals surface area (Å²) in [5.41, 5.74) is 1.44. The molecule has 1 heterocycles. The Hall–Kier alpha value is -1.42. The summed E-state index contributed by atoms with van der Waals surface area (Å²) >= 11 is 3.39. The zero-order chi connectivity index (χ0) is 10.7. The van der Waals surface area contributed by atoms with Gasteiger partial charge in [-0.2, -0.15) is 0 Å². The molecule has 0 N–H and O–H groups in total. The molecule has 0 unspecified atom stereocenters. The maximum Gasteiger partial charge on any atom is 0.171 e. The fourth-order valence-corrected chi connectivity index (χ4v) is 1.76. The molecule has 0 saturated carbocycles. The van der Waals surface area contributed by atoms with E-state index in [1.807, 2.05) is 24.3 Å². The van der Waals surface area contributed by atoms with E-state index in [4.69, 9.17) is 4.52 Å². The van der Waals surface area contributed by atoms with E-state index in [0.717, 1.165) is 10.0 Å². The van der Waals surface area contributed by atoms with Crippen molar-refractivity contribution in [2.45, 2.75) is 6.42 Å². The Morgan fingerprint density at radius 1 is 1.40 bits per heavy atom. The Labute approximate surface area is 95.2 Å². The van der Waals surface area contributed by atoms with Crippen molar-refractivity contribution in [2.24, 2.45) is 0 Å². The molecule has 2 aromatic rings. The molecular formula is C11H8BrNO2. The van der Waals surface area contributed by atoms with E-state index in [2.05, 4.69) is 21.1 Å². The largest absolute Gasteiger partial charge is 0.360 e. The molecule has 0 radical (unpaired) electrons. The number of halogens is 1. The molecular weight excluding hydrogens is 258 g/mol. The van der Waals surface area contributed by atoms with Crippen LogP contribution in [-0.4, -0.2) is 11.4 Å². The van der Waals surface area contributed by atoms with E-state index < -0.39 is 0 Å². The van der Waals surface area contributed by atoms with Gasteiger partial charge in [-0.25, -0.2) is 0 Å². The first-order valence-electron chi connectivity index (χ1n) is 4.43. The molecule has 3 nitrogen and oxygen atoms in total. The lowest BCUT2D eigenvalue weighted by Gasteiger charge is -1.97. The summed E-state index contributed by atoms with van der Waals surface area (Å²) < 4.78 is 6.03. The Morgan fingerprint density at radius 3 is 2.93 bits per heavy atom. The van der Waals surface area contributed by atoms with Crippen molar-refractivity contribution >= 4 is 22.2 Å². The van der Waals surface area contributed by atoms with Gasteiger partial charge in [0, 0.05) is 17.0 Å². The average Bonchev–Trinajstić information content (AvgIpc) is 2.65. The first-order valence-corrected chi connectivity index (χ1v) is 5.22. The van der Waals surface area contributed by atoms with Gasteiger partial charge < -0.3 is 4.52 Å². The van der Waals surface area contributed by atoms with E-state index in [9.17, 15) is 4.79 Å². The van der Waals surface area contributed by atoms with Crippen LogP contribution < -0.4 is 0 Å². The minimum atomic E-state index is 0.333. The molecule has 0 fully saturated rings. The first kappa shape index (κ1) is 10.1. The zero-order valence-corrected chi connectivity index (χ0v) is 9.40. The number of rotatable bonds is 3. The normalized spacial score (nSPS) is 10.2. The van der Waals surface area contributed by atoms with Crippen LogP contribution in [0.2, 0.25) is 0 Å². The van der Waals surface area contributed by atoms with E-state index in [1.165, 1.54) is 0 Å². The molecule has 15 heavy (non-hydrogen) atoms. The maximum atomic E-state index is 10.4. The number of aldehydes is 1. The summed E-state index contributed by atoms with van der Waals surface area (Å²) in [6.07, 6.45) is 1.31. The predicted octanol–water partition coefficient (Wildman–Crippen LogP) is 2.84. The highest BCUT2D eigenvalue weighted by Gasteiger charge is 2.04. The lowest BCUT2D eigenvalue weighted by Crippen LogP contribution is -1.84. The van der Waals surface area contributed by atoms with Crippen LogP contribution in [0.4, 0.5) is 0 Å². The van der Waals surface area contributed by atoms with E-state index in [-0.39, 0.29) is 0 Å². The van der Waals surface area contributed by atoms with Gasteiger partial charge in [-0.1, -0.05) is 33.2 Å². The van der Waals surface area contributed by atoms with Crippen LogP contribution >= 0.6 is 15.9 Å². The molecule has 0 bridgehead atoms. The Bertz CT molecular complexity index is 479. The van der Waals surface area contributed by atoms with Gasteiger partial charge in [0.25, 0.3) is 0 Å². The highest BCUT2D eigenvalue weighted by molar-refractivity contribution is 9.10. The third-order valence-electron chi connectivity index (χ3n) is 1.97. The monoisotopic (exact) mass is 265 g/mol. The van der Waals surface area contributed by atoms with Crippen molar-refractivity contribution in [3.63, 3.8) is 0 Å². The summed E-state index contributed by atoms with van der Waals surface area (Å²) in [7, 11) is 0. The quantitative estimate of drug-likeness (QED) is 0.802. The van der Waals surface area contributed by atoms with E-state index >= 15 is 0 Å². The molecule has 0 aliphatic carbocycles. The molecule has 0 atom stereocenters. The van der Waals surface area contributed by atoms with Crippen LogP contribution in [0.5, 0.6) is 0 Å². The van der Waals surface area contributed by atoms with Gasteiger partial charge in [-0.05, 0) is 17.7 Å². The molecule has 0 spiro atoms. The fraction of sp³-hybridized carbons (Fsp3) is 0.0909. The van der Waals surface area contributed by atoms with Gasteiger partial charge in [0.05, 0.1) is 0 Å². The molecule has 0 aliphatic rings. The summed E-state index contributed by atoms with van der Waals surface area (Å²) in [5, 5.41) is 3.60. The molecule has 2 rings (SSSR count). The number of hydrogen-bond acceptors (Lipinski definition) is 3. The number of carbonyl (C=O) groups excluding carboxylic acids is 1. The predicted molar refractivity (Wildman–Crippen MR) is 58.8 cm³/mol. The molecule has 76 valence electrons. The smallest absolute Gasteiger partial charge is 0.171 e. The summed E-state index contributed by atoms with van der Waals surface area (Å²) in [6.45, 7) is 0.